The van der Waals surface area contributed by atoms with E-state index in [0.717, 1.165) is 58.4 Å². The van der Waals surface area contributed by atoms with Crippen molar-refractivity contribution in [2.24, 2.45) is 7.05 Å². The largest absolute Gasteiger partial charge is 0.493 e. The number of fused-ring (bicyclic) bond motifs is 7. The lowest BCUT2D eigenvalue weighted by molar-refractivity contribution is -0.109. The van der Waals surface area contributed by atoms with E-state index in [1.165, 1.54) is 0 Å². The molecule has 1 aliphatic rings. The minimum Gasteiger partial charge on any atom is -0.493 e. The zero-order valence-electron chi connectivity index (χ0n) is 23.6. The second kappa shape index (κ2) is 12.2. The van der Waals surface area contributed by atoms with E-state index in [1.54, 1.807) is 18.2 Å². The first kappa shape index (κ1) is 27.7. The highest BCUT2D eigenvalue weighted by Crippen LogP contribution is 2.32. The van der Waals surface area contributed by atoms with Gasteiger partial charge in [-0.3, -0.25) is 9.59 Å². The second-order valence-corrected chi connectivity index (χ2v) is 10.3. The first-order chi connectivity index (χ1) is 21.1. The lowest BCUT2D eigenvalue weighted by atomic mass is 10.0. The van der Waals surface area contributed by atoms with Gasteiger partial charge in [-0.15, -0.1) is 0 Å². The van der Waals surface area contributed by atoms with Gasteiger partial charge in [0.2, 0.25) is 5.88 Å². The summed E-state index contributed by atoms with van der Waals surface area (Å²) >= 11 is 0. The van der Waals surface area contributed by atoms with Gasteiger partial charge in [0.25, 0.3) is 0 Å². The van der Waals surface area contributed by atoms with Crippen LogP contribution in [0.2, 0.25) is 0 Å². The molecule has 0 amide bonds. The standard InChI is InChI=1S/C34H28N4O5/c1-38-29-15-23(20-40)16-31(42-13-11-39)34(29)37-32(38)18-26-10-9-25-17-30(26)41-12-3-4-24-14-22(19-35)7-8-27(24)21-43-33-6-2-5-28(25)36-33/h2,5-11,14-17,20H,3-4,12-13,18,21H2,1H3. The van der Waals surface area contributed by atoms with Crippen LogP contribution in [-0.2, 0) is 31.3 Å². The number of aromatic nitrogens is 3. The number of nitrogens with zero attached hydrogens (tertiary/aromatic N) is 4. The molecule has 0 fully saturated rings. The van der Waals surface area contributed by atoms with Crippen molar-refractivity contribution in [3.05, 3.63) is 100 Å². The molecule has 9 heteroatoms. The van der Waals surface area contributed by atoms with Crippen LogP contribution in [0.25, 0.3) is 22.3 Å². The van der Waals surface area contributed by atoms with Crippen molar-refractivity contribution >= 4 is 23.6 Å². The number of nitriles is 1. The Morgan fingerprint density at radius 2 is 1.93 bits per heavy atom. The average Bonchev–Trinajstić information content (AvgIpc) is 3.35. The third-order valence-electron chi connectivity index (χ3n) is 7.50. The van der Waals surface area contributed by atoms with Crippen LogP contribution in [-0.4, -0.2) is 40.3 Å². The summed E-state index contributed by atoms with van der Waals surface area (Å²) in [5.41, 5.74) is 6.99. The molecule has 2 aromatic heterocycles. The van der Waals surface area contributed by atoms with Crippen molar-refractivity contribution in [3.8, 4) is 34.7 Å². The number of imidazole rings is 1. The number of carbonyl (C=O) groups is 2. The Balaban J connectivity index is 1.36. The second-order valence-electron chi connectivity index (χ2n) is 10.3. The molecule has 0 atom stereocenters. The molecule has 4 bridgehead atoms. The Morgan fingerprint density at radius 1 is 1.02 bits per heavy atom. The van der Waals surface area contributed by atoms with E-state index in [0.29, 0.717) is 59.9 Å². The Hall–Kier alpha value is -5.49. The highest BCUT2D eigenvalue weighted by Gasteiger charge is 2.18. The molecular weight excluding hydrogens is 544 g/mol. The summed E-state index contributed by atoms with van der Waals surface area (Å²) in [5, 5.41) is 9.42. The van der Waals surface area contributed by atoms with Crippen molar-refractivity contribution in [2.75, 3.05) is 13.2 Å². The monoisotopic (exact) mass is 572 g/mol. The van der Waals surface area contributed by atoms with Gasteiger partial charge in [0, 0.05) is 36.2 Å². The predicted molar refractivity (Wildman–Crippen MR) is 159 cm³/mol. The van der Waals surface area contributed by atoms with Crippen molar-refractivity contribution in [3.63, 3.8) is 0 Å². The van der Waals surface area contributed by atoms with E-state index in [4.69, 9.17) is 24.2 Å². The summed E-state index contributed by atoms with van der Waals surface area (Å²) < 4.78 is 20.0. The minimum absolute atomic E-state index is 0.134. The summed E-state index contributed by atoms with van der Waals surface area (Å²) in [4.78, 5) is 32.1. The molecule has 43 heavy (non-hydrogen) atoms. The van der Waals surface area contributed by atoms with Crippen molar-refractivity contribution < 1.29 is 23.8 Å². The predicted octanol–water partition coefficient (Wildman–Crippen LogP) is 5.39. The number of aryl methyl sites for hydroxylation is 2. The van der Waals surface area contributed by atoms with Crippen molar-refractivity contribution in [1.82, 2.24) is 14.5 Å². The van der Waals surface area contributed by atoms with Crippen LogP contribution in [0.4, 0.5) is 0 Å². The SMILES string of the molecule is Cn1c(Cc2ccc3cc2OCCCc2cc(C#N)ccc2COc2cccc-3n2)nc2c(OCC=O)cc(C=O)cc21. The van der Waals surface area contributed by atoms with Crippen LogP contribution >= 0.6 is 0 Å². The first-order valence-corrected chi connectivity index (χ1v) is 13.9. The molecule has 214 valence electrons. The van der Waals surface area contributed by atoms with E-state index < -0.39 is 0 Å². The van der Waals surface area contributed by atoms with Crippen LogP contribution in [0, 0.1) is 11.3 Å². The zero-order chi connectivity index (χ0) is 29.8. The van der Waals surface area contributed by atoms with Gasteiger partial charge < -0.3 is 18.8 Å². The van der Waals surface area contributed by atoms with Crippen LogP contribution in [0.15, 0.2) is 66.7 Å². The number of aldehydes is 2. The first-order valence-electron chi connectivity index (χ1n) is 13.9. The molecule has 0 radical (unpaired) electrons. The Kier molecular flexibility index (Phi) is 7.83. The molecule has 5 aromatic rings. The molecule has 9 nitrogen and oxygen atoms in total. The van der Waals surface area contributed by atoms with Gasteiger partial charge in [-0.25, -0.2) is 9.97 Å². The van der Waals surface area contributed by atoms with Crippen LogP contribution < -0.4 is 14.2 Å². The number of pyridine rings is 1. The third kappa shape index (κ3) is 5.81. The topological polar surface area (TPSA) is 116 Å². The van der Waals surface area contributed by atoms with E-state index in [1.807, 2.05) is 60.1 Å². The fourth-order valence-electron chi connectivity index (χ4n) is 5.27. The maximum atomic E-state index is 11.6. The number of ether oxygens (including phenoxy) is 3. The van der Waals surface area contributed by atoms with Gasteiger partial charge in [0.05, 0.1) is 29.5 Å². The number of carbonyl (C=O) groups excluding carboxylic acids is 2. The summed E-state index contributed by atoms with van der Waals surface area (Å²) in [5.74, 6) is 2.35. The molecule has 1 aliphatic heterocycles. The molecule has 0 aliphatic carbocycles. The third-order valence-corrected chi connectivity index (χ3v) is 7.50. The molecule has 0 saturated heterocycles. The van der Waals surface area contributed by atoms with Crippen LogP contribution in [0.1, 0.15) is 44.9 Å². The van der Waals surface area contributed by atoms with Gasteiger partial charge in [0.15, 0.2) is 6.29 Å². The summed E-state index contributed by atoms with van der Waals surface area (Å²) in [7, 11) is 1.89. The van der Waals surface area contributed by atoms with Crippen LogP contribution in [0.5, 0.6) is 17.4 Å². The molecule has 0 unspecified atom stereocenters. The molecule has 0 spiro atoms. The molecule has 0 saturated carbocycles. The Morgan fingerprint density at radius 3 is 2.77 bits per heavy atom. The van der Waals surface area contributed by atoms with Crippen molar-refractivity contribution in [2.45, 2.75) is 25.9 Å². The lowest BCUT2D eigenvalue weighted by Crippen LogP contribution is -2.07. The van der Waals surface area contributed by atoms with Crippen LogP contribution in [0.3, 0.4) is 0 Å². The maximum Gasteiger partial charge on any atom is 0.214 e. The molecular formula is C34H28N4O5. The van der Waals surface area contributed by atoms with Gasteiger partial charge in [-0.2, -0.15) is 5.26 Å². The number of benzene rings is 3. The van der Waals surface area contributed by atoms with E-state index in [-0.39, 0.29) is 6.61 Å². The zero-order valence-corrected chi connectivity index (χ0v) is 23.6. The fourth-order valence-corrected chi connectivity index (χ4v) is 5.27. The van der Waals surface area contributed by atoms with Gasteiger partial charge in [-0.05, 0) is 60.4 Å². The van der Waals surface area contributed by atoms with Gasteiger partial charge in [0.1, 0.15) is 42.3 Å². The minimum atomic E-state index is -0.134. The Labute approximate surface area is 248 Å². The van der Waals surface area contributed by atoms with Gasteiger partial charge >= 0.3 is 0 Å². The van der Waals surface area contributed by atoms with Gasteiger partial charge in [-0.1, -0.05) is 24.3 Å². The summed E-state index contributed by atoms with van der Waals surface area (Å²) in [6.07, 6.45) is 3.33. The normalized spacial score (nSPS) is 12.7. The van der Waals surface area contributed by atoms with Crippen molar-refractivity contribution in [1.29, 1.82) is 5.26 Å². The molecule has 3 heterocycles. The molecule has 6 rings (SSSR count). The fraction of sp³-hybridized carbons (Fsp3) is 0.206. The number of hydrogen-bond acceptors (Lipinski definition) is 8. The highest BCUT2D eigenvalue weighted by atomic mass is 16.5. The smallest absolute Gasteiger partial charge is 0.214 e. The number of hydrogen-bond donors (Lipinski definition) is 0. The molecule has 3 aromatic carbocycles. The average molecular weight is 573 g/mol. The Bertz CT molecular complexity index is 1890. The highest BCUT2D eigenvalue weighted by molar-refractivity contribution is 5.90. The van der Waals surface area contributed by atoms with E-state index in [2.05, 4.69) is 6.07 Å². The maximum absolute atomic E-state index is 11.6. The van der Waals surface area contributed by atoms with E-state index >= 15 is 0 Å². The summed E-state index contributed by atoms with van der Waals surface area (Å²) in [6, 6.07) is 22.9. The van der Waals surface area contributed by atoms with E-state index in [9.17, 15) is 14.9 Å². The quantitative estimate of drug-likeness (QED) is 0.249. The summed E-state index contributed by atoms with van der Waals surface area (Å²) in [6.45, 7) is 0.693. The molecule has 0 N–H and O–H groups in total. The number of rotatable bonds is 6. The lowest BCUT2D eigenvalue weighted by Gasteiger charge is -2.16.